The fraction of sp³-hybridized carbons (Fsp3) is 0.143. The molecule has 1 rings (SSSR count). The molecular formula is C14H11FO2. The van der Waals surface area contributed by atoms with Crippen molar-refractivity contribution in [1.29, 1.82) is 0 Å². The molecule has 0 N–H and O–H groups in total. The van der Waals surface area contributed by atoms with Crippen molar-refractivity contribution in [3.05, 3.63) is 47.3 Å². The third kappa shape index (κ3) is 4.04. The van der Waals surface area contributed by atoms with E-state index in [1.165, 1.54) is 44.2 Å². The van der Waals surface area contributed by atoms with E-state index in [-0.39, 0.29) is 23.0 Å². The second-order valence-corrected chi connectivity index (χ2v) is 3.45. The van der Waals surface area contributed by atoms with E-state index in [0.717, 1.165) is 0 Å². The van der Waals surface area contributed by atoms with Gasteiger partial charge in [-0.3, -0.25) is 9.59 Å². The maximum absolute atomic E-state index is 12.6. The summed E-state index contributed by atoms with van der Waals surface area (Å²) in [7, 11) is 0. The van der Waals surface area contributed by atoms with E-state index in [0.29, 0.717) is 5.56 Å². The van der Waals surface area contributed by atoms with Gasteiger partial charge in [-0.1, -0.05) is 11.8 Å². The lowest BCUT2D eigenvalue weighted by Gasteiger charge is -1.93. The molecule has 0 saturated carbocycles. The van der Waals surface area contributed by atoms with E-state index in [4.69, 9.17) is 0 Å². The molecule has 0 bridgehead atoms. The Bertz CT molecular complexity index is 512. The highest BCUT2D eigenvalue weighted by Crippen LogP contribution is 2.01. The molecule has 3 heteroatoms. The molecule has 2 nitrogen and oxygen atoms in total. The van der Waals surface area contributed by atoms with Crippen LogP contribution in [0, 0.1) is 17.7 Å². The highest BCUT2D eigenvalue weighted by atomic mass is 19.1. The number of carbonyl (C=O) groups is 2. The lowest BCUT2D eigenvalue weighted by Crippen LogP contribution is -2.05. The number of allylic oxidation sites excluding steroid dienone is 2. The molecule has 0 aliphatic rings. The zero-order chi connectivity index (χ0) is 12.8. The first-order valence-electron chi connectivity index (χ1n) is 5.00. The normalized spacial score (nSPS) is 8.88. The maximum atomic E-state index is 12.6. The predicted octanol–water partition coefficient (Wildman–Crippen LogP) is 2.28. The Balaban J connectivity index is 2.92. The highest BCUT2D eigenvalue weighted by molar-refractivity contribution is 6.18. The van der Waals surface area contributed by atoms with Crippen LogP contribution in [0.5, 0.6) is 0 Å². The third-order valence-corrected chi connectivity index (χ3v) is 2.04. The van der Waals surface area contributed by atoms with Crippen LogP contribution in [0.1, 0.15) is 19.4 Å². The first-order valence-corrected chi connectivity index (χ1v) is 5.00. The minimum absolute atomic E-state index is 0.0691. The number of ketones is 2. The van der Waals surface area contributed by atoms with Crippen molar-refractivity contribution < 1.29 is 14.0 Å². The lowest BCUT2D eigenvalue weighted by atomic mass is 10.1. The minimum Gasteiger partial charge on any atom is -0.294 e. The average Bonchev–Trinajstić information content (AvgIpc) is 2.25. The topological polar surface area (TPSA) is 34.1 Å². The van der Waals surface area contributed by atoms with Crippen LogP contribution in [0.25, 0.3) is 0 Å². The quantitative estimate of drug-likeness (QED) is 0.338. The number of carbonyl (C=O) groups excluding carboxylic acids is 2. The van der Waals surface area contributed by atoms with Gasteiger partial charge < -0.3 is 0 Å². The molecule has 1 aromatic rings. The SMILES string of the molecule is CC(=O)C(=CC#Cc1ccc(F)cc1)C(C)=O. The van der Waals surface area contributed by atoms with Gasteiger partial charge in [0.2, 0.25) is 0 Å². The number of rotatable bonds is 2. The van der Waals surface area contributed by atoms with Crippen LogP contribution in [0.3, 0.4) is 0 Å². The third-order valence-electron chi connectivity index (χ3n) is 2.04. The van der Waals surface area contributed by atoms with Crippen molar-refractivity contribution in [2.24, 2.45) is 0 Å². The molecule has 0 heterocycles. The summed E-state index contributed by atoms with van der Waals surface area (Å²) in [5.41, 5.74) is 0.689. The first-order chi connectivity index (χ1) is 8.00. The van der Waals surface area contributed by atoms with E-state index in [1.807, 2.05) is 0 Å². The van der Waals surface area contributed by atoms with Gasteiger partial charge in [-0.15, -0.1) is 0 Å². The Morgan fingerprint density at radius 1 is 1.12 bits per heavy atom. The van der Waals surface area contributed by atoms with Gasteiger partial charge in [-0.25, -0.2) is 4.39 Å². The Hall–Kier alpha value is -2.21. The Kier molecular flexibility index (Phi) is 4.36. The molecule has 0 aromatic heterocycles. The Morgan fingerprint density at radius 2 is 1.65 bits per heavy atom. The second-order valence-electron chi connectivity index (χ2n) is 3.45. The van der Waals surface area contributed by atoms with E-state index >= 15 is 0 Å². The molecule has 0 unspecified atom stereocenters. The lowest BCUT2D eigenvalue weighted by molar-refractivity contribution is -0.119. The van der Waals surface area contributed by atoms with Crippen molar-refractivity contribution in [1.82, 2.24) is 0 Å². The Morgan fingerprint density at radius 3 is 2.12 bits per heavy atom. The molecule has 0 fully saturated rings. The van der Waals surface area contributed by atoms with Gasteiger partial charge in [0.15, 0.2) is 11.6 Å². The zero-order valence-corrected chi connectivity index (χ0v) is 9.58. The van der Waals surface area contributed by atoms with Crippen LogP contribution < -0.4 is 0 Å². The van der Waals surface area contributed by atoms with Gasteiger partial charge >= 0.3 is 0 Å². The molecule has 17 heavy (non-hydrogen) atoms. The van der Waals surface area contributed by atoms with E-state index in [2.05, 4.69) is 11.8 Å². The van der Waals surface area contributed by atoms with Crippen LogP contribution in [0.4, 0.5) is 4.39 Å². The monoisotopic (exact) mass is 230 g/mol. The fourth-order valence-corrected chi connectivity index (χ4v) is 1.18. The maximum Gasteiger partial charge on any atom is 0.164 e. The fourth-order valence-electron chi connectivity index (χ4n) is 1.18. The second kappa shape index (κ2) is 5.76. The number of hydrogen-bond donors (Lipinski definition) is 0. The molecule has 1 aromatic carbocycles. The highest BCUT2D eigenvalue weighted by Gasteiger charge is 2.07. The summed E-state index contributed by atoms with van der Waals surface area (Å²) in [6.07, 6.45) is 1.29. The largest absolute Gasteiger partial charge is 0.294 e. The molecule has 0 spiro atoms. The predicted molar refractivity (Wildman–Crippen MR) is 62.7 cm³/mol. The van der Waals surface area contributed by atoms with Crippen LogP contribution in [0.2, 0.25) is 0 Å². The molecular weight excluding hydrogens is 219 g/mol. The standard InChI is InChI=1S/C14H11FO2/c1-10(16)14(11(2)17)5-3-4-12-6-8-13(15)9-7-12/h5-9H,1-2H3. The van der Waals surface area contributed by atoms with Crippen molar-refractivity contribution >= 4 is 11.6 Å². The van der Waals surface area contributed by atoms with Gasteiger partial charge in [0.05, 0.1) is 5.57 Å². The molecule has 0 saturated heterocycles. The summed E-state index contributed by atoms with van der Waals surface area (Å²) >= 11 is 0. The van der Waals surface area contributed by atoms with Crippen molar-refractivity contribution in [3.63, 3.8) is 0 Å². The molecule has 0 amide bonds. The van der Waals surface area contributed by atoms with Gasteiger partial charge in [0, 0.05) is 11.6 Å². The van der Waals surface area contributed by atoms with E-state index in [1.54, 1.807) is 0 Å². The van der Waals surface area contributed by atoms with Crippen LogP contribution in [-0.4, -0.2) is 11.6 Å². The molecule has 0 atom stereocenters. The molecule has 0 aliphatic heterocycles. The summed E-state index contributed by atoms with van der Waals surface area (Å²) in [5, 5.41) is 0. The summed E-state index contributed by atoms with van der Waals surface area (Å²) in [6.45, 7) is 2.62. The molecule has 0 aliphatic carbocycles. The summed E-state index contributed by atoms with van der Waals surface area (Å²) in [4.78, 5) is 22.1. The number of Topliss-reactive ketones (excluding diaryl/α,β-unsaturated/α-hetero) is 2. The summed E-state index contributed by atoms with van der Waals surface area (Å²) in [6, 6.07) is 5.64. The van der Waals surface area contributed by atoms with Crippen molar-refractivity contribution in [3.8, 4) is 11.8 Å². The van der Waals surface area contributed by atoms with Gasteiger partial charge in [-0.05, 0) is 38.1 Å². The van der Waals surface area contributed by atoms with Crippen LogP contribution >= 0.6 is 0 Å². The minimum atomic E-state index is -0.334. The number of hydrogen-bond acceptors (Lipinski definition) is 2. The number of benzene rings is 1. The Labute approximate surface area is 99.1 Å². The van der Waals surface area contributed by atoms with Gasteiger partial charge in [0.25, 0.3) is 0 Å². The van der Waals surface area contributed by atoms with Crippen molar-refractivity contribution in [2.45, 2.75) is 13.8 Å². The molecule has 0 radical (unpaired) electrons. The van der Waals surface area contributed by atoms with Gasteiger partial charge in [0.1, 0.15) is 5.82 Å². The zero-order valence-electron chi connectivity index (χ0n) is 9.58. The summed E-state index contributed by atoms with van der Waals surface area (Å²) < 4.78 is 12.6. The summed E-state index contributed by atoms with van der Waals surface area (Å²) in [5.74, 6) is 4.36. The average molecular weight is 230 g/mol. The van der Waals surface area contributed by atoms with Gasteiger partial charge in [-0.2, -0.15) is 0 Å². The smallest absolute Gasteiger partial charge is 0.164 e. The number of halogens is 1. The van der Waals surface area contributed by atoms with Crippen LogP contribution in [-0.2, 0) is 9.59 Å². The van der Waals surface area contributed by atoms with E-state index < -0.39 is 0 Å². The van der Waals surface area contributed by atoms with Crippen LogP contribution in [0.15, 0.2) is 35.9 Å². The first kappa shape index (κ1) is 12.9. The molecule has 86 valence electrons. The van der Waals surface area contributed by atoms with E-state index in [9.17, 15) is 14.0 Å². The van der Waals surface area contributed by atoms with Crippen molar-refractivity contribution in [2.75, 3.05) is 0 Å².